The molecule has 0 saturated heterocycles. The number of aromatic nitrogens is 1. The van der Waals surface area contributed by atoms with E-state index in [2.05, 4.69) is 23.3 Å². The molecule has 3 aromatic rings. The summed E-state index contributed by atoms with van der Waals surface area (Å²) in [5.74, 6) is 0.721. The first-order valence-electron chi connectivity index (χ1n) is 8.94. The van der Waals surface area contributed by atoms with E-state index in [0.29, 0.717) is 5.69 Å². The smallest absolute Gasteiger partial charge is 0.277 e. The van der Waals surface area contributed by atoms with Crippen LogP contribution in [-0.2, 0) is 6.42 Å². The Bertz CT molecular complexity index is 969. The number of carbonyl (C=O) groups is 1. The minimum absolute atomic E-state index is 0.0779. The highest BCUT2D eigenvalue weighted by molar-refractivity contribution is 6.07. The molecule has 1 N–H and O–H groups in total. The number of nitrogens with one attached hydrogen (secondary N) is 1. The van der Waals surface area contributed by atoms with Crippen LogP contribution in [0, 0.1) is 0 Å². The van der Waals surface area contributed by atoms with Gasteiger partial charge in [-0.05, 0) is 61.4 Å². The number of hydrogen-bond donors (Lipinski definition) is 1. The van der Waals surface area contributed by atoms with Crippen LogP contribution < -0.4 is 15.0 Å². The number of nitrogens with zero attached hydrogens (tertiary/aromatic N) is 2. The lowest BCUT2D eigenvalue weighted by Crippen LogP contribution is -2.36. The normalized spacial score (nSPS) is 15.3. The second kappa shape index (κ2) is 7.11. The van der Waals surface area contributed by atoms with Gasteiger partial charge in [0.2, 0.25) is 0 Å². The van der Waals surface area contributed by atoms with Gasteiger partial charge < -0.3 is 15.0 Å². The summed E-state index contributed by atoms with van der Waals surface area (Å²) in [7, 11) is 1.64. The van der Waals surface area contributed by atoms with Crippen LogP contribution in [0.3, 0.4) is 0 Å². The van der Waals surface area contributed by atoms with Gasteiger partial charge in [-0.15, -0.1) is 0 Å². The van der Waals surface area contributed by atoms with Gasteiger partial charge in [-0.3, -0.25) is 9.78 Å². The second-order valence-electron chi connectivity index (χ2n) is 6.64. The van der Waals surface area contributed by atoms with Gasteiger partial charge in [0.05, 0.1) is 7.11 Å². The SMILES string of the molecule is COc1ccc(Nc2ccnc(C(=O)N3c4ccccc4CC3C)c2)cc1. The van der Waals surface area contributed by atoms with Crippen LogP contribution in [0.1, 0.15) is 23.0 Å². The summed E-state index contributed by atoms with van der Waals surface area (Å²) >= 11 is 0. The number of pyridine rings is 1. The van der Waals surface area contributed by atoms with Crippen molar-refractivity contribution in [3.63, 3.8) is 0 Å². The van der Waals surface area contributed by atoms with Crippen molar-refractivity contribution in [3.8, 4) is 5.75 Å². The van der Waals surface area contributed by atoms with E-state index in [-0.39, 0.29) is 11.9 Å². The summed E-state index contributed by atoms with van der Waals surface area (Å²) in [6, 6.07) is 19.4. The lowest BCUT2D eigenvalue weighted by molar-refractivity contribution is 0.0976. The van der Waals surface area contributed by atoms with E-state index in [0.717, 1.165) is 29.2 Å². The van der Waals surface area contributed by atoms with Gasteiger partial charge in [0.25, 0.3) is 5.91 Å². The third kappa shape index (κ3) is 3.36. The molecule has 5 nitrogen and oxygen atoms in total. The maximum absolute atomic E-state index is 13.1. The van der Waals surface area contributed by atoms with Crippen molar-refractivity contribution >= 4 is 23.0 Å². The van der Waals surface area contributed by atoms with E-state index < -0.39 is 0 Å². The molecule has 2 aromatic carbocycles. The van der Waals surface area contributed by atoms with E-state index in [1.807, 2.05) is 53.4 Å². The van der Waals surface area contributed by atoms with Crippen LogP contribution in [0.4, 0.5) is 17.1 Å². The number of para-hydroxylation sites is 1. The molecule has 27 heavy (non-hydrogen) atoms. The Morgan fingerprint density at radius 3 is 2.67 bits per heavy atom. The first-order chi connectivity index (χ1) is 13.2. The van der Waals surface area contributed by atoms with Crippen molar-refractivity contribution in [2.75, 3.05) is 17.3 Å². The molecule has 1 atom stereocenters. The second-order valence-corrected chi connectivity index (χ2v) is 6.64. The Balaban J connectivity index is 1.57. The molecule has 0 fully saturated rings. The molecule has 5 heteroatoms. The third-order valence-corrected chi connectivity index (χ3v) is 4.78. The first-order valence-corrected chi connectivity index (χ1v) is 8.94. The average Bonchev–Trinajstić information content (AvgIpc) is 3.04. The largest absolute Gasteiger partial charge is 0.497 e. The van der Waals surface area contributed by atoms with Crippen LogP contribution in [0.25, 0.3) is 0 Å². The quantitative estimate of drug-likeness (QED) is 0.749. The standard InChI is InChI=1S/C22H21N3O2/c1-15-13-16-5-3-4-6-21(16)25(15)22(26)20-14-18(11-12-23-20)24-17-7-9-19(27-2)10-8-17/h3-12,14-15H,13H2,1-2H3,(H,23,24). The molecule has 136 valence electrons. The summed E-state index contributed by atoms with van der Waals surface area (Å²) in [6.45, 7) is 2.07. The van der Waals surface area contributed by atoms with Crippen LogP contribution in [0.15, 0.2) is 66.9 Å². The van der Waals surface area contributed by atoms with Crippen LogP contribution in [-0.4, -0.2) is 24.0 Å². The van der Waals surface area contributed by atoms with Gasteiger partial charge in [0.1, 0.15) is 11.4 Å². The van der Waals surface area contributed by atoms with E-state index in [1.54, 1.807) is 19.4 Å². The summed E-state index contributed by atoms with van der Waals surface area (Å²) in [5.41, 5.74) is 4.34. The predicted octanol–water partition coefficient (Wildman–Crippen LogP) is 4.43. The van der Waals surface area contributed by atoms with Crippen molar-refractivity contribution in [2.45, 2.75) is 19.4 Å². The zero-order valence-electron chi connectivity index (χ0n) is 15.3. The Labute approximate surface area is 158 Å². The fraction of sp³-hybridized carbons (Fsp3) is 0.182. The molecule has 1 aliphatic heterocycles. The van der Waals surface area contributed by atoms with E-state index >= 15 is 0 Å². The van der Waals surface area contributed by atoms with E-state index in [1.165, 1.54) is 5.56 Å². The van der Waals surface area contributed by atoms with Crippen molar-refractivity contribution < 1.29 is 9.53 Å². The Kier molecular flexibility index (Phi) is 4.50. The fourth-order valence-corrected chi connectivity index (χ4v) is 3.46. The molecule has 1 aliphatic rings. The van der Waals surface area contributed by atoms with E-state index in [4.69, 9.17) is 4.74 Å². The Hall–Kier alpha value is -3.34. The molecule has 1 aromatic heterocycles. The molecule has 0 saturated carbocycles. The van der Waals surface area contributed by atoms with Gasteiger partial charge in [-0.25, -0.2) is 0 Å². The van der Waals surface area contributed by atoms with Crippen molar-refractivity contribution in [2.24, 2.45) is 0 Å². The summed E-state index contributed by atoms with van der Waals surface area (Å²) in [6.07, 6.45) is 2.53. The molecule has 0 bridgehead atoms. The van der Waals surface area contributed by atoms with Crippen molar-refractivity contribution in [1.82, 2.24) is 4.98 Å². The topological polar surface area (TPSA) is 54.5 Å². The van der Waals surface area contributed by atoms with Gasteiger partial charge in [0, 0.05) is 29.3 Å². The lowest BCUT2D eigenvalue weighted by atomic mass is 10.1. The maximum atomic E-state index is 13.1. The van der Waals surface area contributed by atoms with Crippen LogP contribution >= 0.6 is 0 Å². The number of benzene rings is 2. The van der Waals surface area contributed by atoms with Crippen LogP contribution in [0.2, 0.25) is 0 Å². The van der Waals surface area contributed by atoms with Crippen molar-refractivity contribution in [3.05, 3.63) is 78.1 Å². The number of fused-ring (bicyclic) bond motifs is 1. The minimum Gasteiger partial charge on any atom is -0.497 e. The zero-order chi connectivity index (χ0) is 18.8. The maximum Gasteiger partial charge on any atom is 0.277 e. The predicted molar refractivity (Wildman–Crippen MR) is 107 cm³/mol. The number of ether oxygens (including phenoxy) is 1. The van der Waals surface area contributed by atoms with Gasteiger partial charge in [0.15, 0.2) is 0 Å². The number of anilines is 3. The highest BCUT2D eigenvalue weighted by atomic mass is 16.5. The highest BCUT2D eigenvalue weighted by Gasteiger charge is 2.31. The van der Waals surface area contributed by atoms with Gasteiger partial charge in [-0.2, -0.15) is 0 Å². The van der Waals surface area contributed by atoms with Gasteiger partial charge >= 0.3 is 0 Å². The summed E-state index contributed by atoms with van der Waals surface area (Å²) < 4.78 is 5.18. The highest BCUT2D eigenvalue weighted by Crippen LogP contribution is 2.33. The molecule has 1 amide bonds. The number of rotatable bonds is 4. The molecule has 1 unspecified atom stereocenters. The molecular weight excluding hydrogens is 338 g/mol. The third-order valence-electron chi connectivity index (χ3n) is 4.78. The molecular formula is C22H21N3O2. The first kappa shape index (κ1) is 17.1. The number of amides is 1. The zero-order valence-corrected chi connectivity index (χ0v) is 15.3. The fourth-order valence-electron chi connectivity index (χ4n) is 3.46. The molecule has 0 aliphatic carbocycles. The summed E-state index contributed by atoms with van der Waals surface area (Å²) in [4.78, 5) is 19.3. The average molecular weight is 359 g/mol. The summed E-state index contributed by atoms with van der Waals surface area (Å²) in [5, 5.41) is 3.31. The molecule has 0 radical (unpaired) electrons. The Morgan fingerprint density at radius 1 is 1.11 bits per heavy atom. The Morgan fingerprint density at radius 2 is 1.89 bits per heavy atom. The lowest BCUT2D eigenvalue weighted by Gasteiger charge is -2.22. The van der Waals surface area contributed by atoms with Gasteiger partial charge in [-0.1, -0.05) is 18.2 Å². The number of hydrogen-bond acceptors (Lipinski definition) is 4. The molecule has 4 rings (SSSR count). The van der Waals surface area contributed by atoms with Crippen molar-refractivity contribution in [1.29, 1.82) is 0 Å². The molecule has 2 heterocycles. The minimum atomic E-state index is -0.0779. The number of methoxy groups -OCH3 is 1. The number of carbonyl (C=O) groups excluding carboxylic acids is 1. The van der Waals surface area contributed by atoms with Crippen LogP contribution in [0.5, 0.6) is 5.75 Å². The monoisotopic (exact) mass is 359 g/mol. The van der Waals surface area contributed by atoms with E-state index in [9.17, 15) is 4.79 Å². The molecule has 0 spiro atoms.